The van der Waals surface area contributed by atoms with Gasteiger partial charge in [-0.15, -0.1) is 0 Å². The molecule has 0 saturated heterocycles. The molecule has 0 fully saturated rings. The summed E-state index contributed by atoms with van der Waals surface area (Å²) >= 11 is 0. The highest BCUT2D eigenvalue weighted by Crippen LogP contribution is 2.34. The number of fused-ring (bicyclic) bond motifs is 1. The molecule has 2 heterocycles. The molecule has 0 spiro atoms. The Kier molecular flexibility index (Phi) is 4.79. The lowest BCUT2D eigenvalue weighted by atomic mass is 9.99. The van der Waals surface area contributed by atoms with Crippen LogP contribution in [0.25, 0.3) is 0 Å². The molecule has 0 saturated carbocycles. The molecule has 2 aromatic rings. The second-order valence-corrected chi connectivity index (χ2v) is 6.30. The van der Waals surface area contributed by atoms with Crippen molar-refractivity contribution in [3.63, 3.8) is 0 Å². The van der Waals surface area contributed by atoms with Gasteiger partial charge in [0.15, 0.2) is 23.0 Å². The van der Waals surface area contributed by atoms with E-state index in [9.17, 15) is 4.39 Å². The van der Waals surface area contributed by atoms with Gasteiger partial charge in [0.1, 0.15) is 19.0 Å². The molecule has 1 unspecified atom stereocenters. The fraction of sp³-hybridized carbons (Fsp3) is 0.250. The van der Waals surface area contributed by atoms with Crippen LogP contribution in [-0.2, 0) is 5.66 Å². The number of halogens is 1. The van der Waals surface area contributed by atoms with Crippen molar-refractivity contribution >= 4 is 11.6 Å². The van der Waals surface area contributed by atoms with E-state index in [1.54, 1.807) is 36.4 Å². The number of rotatable bonds is 4. The molecule has 0 amide bonds. The number of anilines is 1. The number of nitrogens with zero attached hydrogens (tertiary/aromatic N) is 1. The number of ether oxygens (including phenoxy) is 3. The normalized spacial score (nSPS) is 20.5. The topological polar surface area (TPSA) is 90.1 Å². The van der Waals surface area contributed by atoms with Gasteiger partial charge in [-0.2, -0.15) is 0 Å². The second-order valence-electron chi connectivity index (χ2n) is 6.30. The first-order chi connectivity index (χ1) is 13.6. The van der Waals surface area contributed by atoms with E-state index in [0.717, 1.165) is 0 Å². The van der Waals surface area contributed by atoms with Crippen LogP contribution >= 0.6 is 0 Å². The third-order valence-electron chi connectivity index (χ3n) is 4.40. The van der Waals surface area contributed by atoms with E-state index in [-0.39, 0.29) is 0 Å². The molecule has 8 heteroatoms. The Labute approximate surface area is 162 Å². The third kappa shape index (κ3) is 3.46. The molecule has 28 heavy (non-hydrogen) atoms. The number of nitrogens with one attached hydrogen (secondary N) is 2. The molecule has 0 aromatic heterocycles. The predicted octanol–water partition coefficient (Wildman–Crippen LogP) is 2.85. The number of nitrogens with two attached hydrogens (primary N) is 1. The maximum Gasteiger partial charge on any atom is 0.202 e. The molecule has 0 radical (unpaired) electrons. The molecular formula is C20H21FN4O3. The summed E-state index contributed by atoms with van der Waals surface area (Å²) in [6.07, 6.45) is 1.20. The molecule has 1 atom stereocenters. The Balaban J connectivity index is 1.58. The summed E-state index contributed by atoms with van der Waals surface area (Å²) in [6.45, 7) is 3.46. The lowest BCUT2D eigenvalue weighted by Crippen LogP contribution is -2.44. The van der Waals surface area contributed by atoms with E-state index >= 15 is 0 Å². The van der Waals surface area contributed by atoms with Gasteiger partial charge in [-0.1, -0.05) is 12.1 Å². The minimum atomic E-state index is -1.63. The van der Waals surface area contributed by atoms with Crippen molar-refractivity contribution in [2.45, 2.75) is 12.6 Å². The van der Waals surface area contributed by atoms with Gasteiger partial charge < -0.3 is 24.8 Å². The second kappa shape index (κ2) is 7.40. The number of hydrogen-bond acceptors (Lipinski definition) is 7. The SMILES string of the molecule is CCOc1ccc(C2(N)N=C(Nc3ccc4c(c3)OCCO4)NC=C2F)cc1. The predicted molar refractivity (Wildman–Crippen MR) is 104 cm³/mol. The van der Waals surface area contributed by atoms with Gasteiger partial charge in [0.25, 0.3) is 0 Å². The first-order valence-electron chi connectivity index (χ1n) is 9.00. The zero-order chi connectivity index (χ0) is 19.6. The fourth-order valence-corrected chi connectivity index (χ4v) is 3.00. The summed E-state index contributed by atoms with van der Waals surface area (Å²) in [5.41, 5.74) is 5.89. The average Bonchev–Trinajstić information content (AvgIpc) is 2.71. The molecule has 0 aliphatic carbocycles. The fourth-order valence-electron chi connectivity index (χ4n) is 3.00. The summed E-state index contributed by atoms with van der Waals surface area (Å²) in [5, 5.41) is 5.87. The van der Waals surface area contributed by atoms with Gasteiger partial charge in [0.05, 0.1) is 6.61 Å². The van der Waals surface area contributed by atoms with E-state index < -0.39 is 11.5 Å². The van der Waals surface area contributed by atoms with Gasteiger partial charge >= 0.3 is 0 Å². The lowest BCUT2D eigenvalue weighted by Gasteiger charge is -2.29. The van der Waals surface area contributed by atoms with E-state index in [2.05, 4.69) is 15.6 Å². The van der Waals surface area contributed by atoms with E-state index in [1.165, 1.54) is 6.20 Å². The minimum Gasteiger partial charge on any atom is -0.494 e. The van der Waals surface area contributed by atoms with Gasteiger partial charge in [0.2, 0.25) is 5.96 Å². The Bertz CT molecular complexity index is 930. The highest BCUT2D eigenvalue weighted by Gasteiger charge is 2.35. The largest absolute Gasteiger partial charge is 0.494 e. The van der Waals surface area contributed by atoms with Crippen LogP contribution in [0.2, 0.25) is 0 Å². The van der Waals surface area contributed by atoms with Gasteiger partial charge in [-0.05, 0) is 31.2 Å². The van der Waals surface area contributed by atoms with Crippen molar-refractivity contribution in [1.82, 2.24) is 5.32 Å². The Morgan fingerprint density at radius 2 is 1.93 bits per heavy atom. The zero-order valence-corrected chi connectivity index (χ0v) is 15.4. The molecule has 2 aliphatic rings. The van der Waals surface area contributed by atoms with Crippen molar-refractivity contribution in [3.05, 3.63) is 60.1 Å². The molecule has 2 aromatic carbocycles. The van der Waals surface area contributed by atoms with Crippen LogP contribution in [0.4, 0.5) is 10.1 Å². The van der Waals surface area contributed by atoms with E-state index in [4.69, 9.17) is 19.9 Å². The number of guanidine groups is 1. The first-order valence-corrected chi connectivity index (χ1v) is 9.00. The minimum absolute atomic E-state index is 0.314. The lowest BCUT2D eigenvalue weighted by molar-refractivity contribution is 0.171. The molecule has 0 bridgehead atoms. The van der Waals surface area contributed by atoms with Crippen molar-refractivity contribution in [2.24, 2.45) is 10.7 Å². The molecular weight excluding hydrogens is 363 g/mol. The first kappa shape index (κ1) is 18.1. The van der Waals surface area contributed by atoms with Gasteiger partial charge in [-0.3, -0.25) is 5.73 Å². The van der Waals surface area contributed by atoms with Crippen molar-refractivity contribution < 1.29 is 18.6 Å². The standard InChI is InChI=1S/C20H21FN4O3/c1-2-26-15-6-3-13(4-7-15)20(22)18(21)12-23-19(25-20)24-14-5-8-16-17(11-14)28-10-9-27-16/h3-8,11-12H,2,9-10,22H2,1H3,(H2,23,24,25). The third-order valence-corrected chi connectivity index (χ3v) is 4.40. The molecule has 2 aliphatic heterocycles. The Morgan fingerprint density at radius 3 is 2.68 bits per heavy atom. The number of benzene rings is 2. The van der Waals surface area contributed by atoms with Crippen LogP contribution < -0.4 is 30.6 Å². The van der Waals surface area contributed by atoms with Crippen LogP contribution in [0.15, 0.2) is 59.5 Å². The van der Waals surface area contributed by atoms with Gasteiger partial charge in [0, 0.05) is 23.5 Å². The van der Waals surface area contributed by atoms with Crippen LogP contribution in [0.5, 0.6) is 17.2 Å². The summed E-state index contributed by atoms with van der Waals surface area (Å²) in [7, 11) is 0. The number of hydrogen-bond donors (Lipinski definition) is 3. The van der Waals surface area contributed by atoms with Crippen LogP contribution in [0.3, 0.4) is 0 Å². The van der Waals surface area contributed by atoms with E-state index in [0.29, 0.717) is 54.3 Å². The molecule has 7 nitrogen and oxygen atoms in total. The van der Waals surface area contributed by atoms with Crippen molar-refractivity contribution in [3.8, 4) is 17.2 Å². The Hall–Kier alpha value is -3.26. The van der Waals surface area contributed by atoms with E-state index in [1.807, 2.05) is 13.0 Å². The highest BCUT2D eigenvalue weighted by molar-refractivity contribution is 5.95. The monoisotopic (exact) mass is 384 g/mol. The average molecular weight is 384 g/mol. The van der Waals surface area contributed by atoms with Gasteiger partial charge in [-0.25, -0.2) is 9.38 Å². The quantitative estimate of drug-likeness (QED) is 0.751. The summed E-state index contributed by atoms with van der Waals surface area (Å²) in [4.78, 5) is 4.36. The maximum atomic E-state index is 14.6. The number of aliphatic imine (C=N–C) groups is 1. The maximum absolute atomic E-state index is 14.6. The van der Waals surface area contributed by atoms with Crippen molar-refractivity contribution in [2.75, 3.05) is 25.1 Å². The Morgan fingerprint density at radius 1 is 1.18 bits per heavy atom. The van der Waals surface area contributed by atoms with Crippen LogP contribution in [0, 0.1) is 0 Å². The van der Waals surface area contributed by atoms with Crippen LogP contribution in [-0.4, -0.2) is 25.8 Å². The molecule has 4 N–H and O–H groups in total. The summed E-state index contributed by atoms with van der Waals surface area (Å²) in [5.74, 6) is 1.73. The summed E-state index contributed by atoms with van der Waals surface area (Å²) < 4.78 is 31.1. The molecule has 146 valence electrons. The van der Waals surface area contributed by atoms with Crippen LogP contribution in [0.1, 0.15) is 12.5 Å². The summed E-state index contributed by atoms with van der Waals surface area (Å²) in [6, 6.07) is 12.3. The smallest absolute Gasteiger partial charge is 0.202 e. The molecule has 4 rings (SSSR count). The zero-order valence-electron chi connectivity index (χ0n) is 15.4. The highest BCUT2D eigenvalue weighted by atomic mass is 19.1. The van der Waals surface area contributed by atoms with Crippen molar-refractivity contribution in [1.29, 1.82) is 0 Å².